The Morgan fingerprint density at radius 2 is 1.95 bits per heavy atom. The number of carbonyl (C=O) groups is 3. The zero-order chi connectivity index (χ0) is 14.7. The molecule has 2 N–H and O–H groups in total. The number of ether oxygens (including phenoxy) is 1. The van der Waals surface area contributed by atoms with Gasteiger partial charge in [-0.05, 0) is 37.1 Å². The molecule has 1 aliphatic rings. The van der Waals surface area contributed by atoms with E-state index in [1.165, 1.54) is 0 Å². The predicted molar refractivity (Wildman–Crippen MR) is 69.8 cm³/mol. The lowest BCUT2D eigenvalue weighted by molar-refractivity contribution is -0.127. The number of urea groups is 1. The van der Waals surface area contributed by atoms with Gasteiger partial charge in [0.1, 0.15) is 12.3 Å². The Balaban J connectivity index is 1.86. The van der Waals surface area contributed by atoms with Crippen LogP contribution in [0.25, 0.3) is 0 Å². The molecule has 0 spiro atoms. The van der Waals surface area contributed by atoms with Gasteiger partial charge in [0, 0.05) is 0 Å². The summed E-state index contributed by atoms with van der Waals surface area (Å²) in [6.45, 7) is 3.44. The van der Waals surface area contributed by atoms with Crippen molar-refractivity contribution in [2.45, 2.75) is 13.8 Å². The van der Waals surface area contributed by atoms with Crippen LogP contribution in [0.4, 0.5) is 4.79 Å². The highest BCUT2D eigenvalue weighted by Crippen LogP contribution is 2.15. The van der Waals surface area contributed by atoms with E-state index in [2.05, 4.69) is 10.7 Å². The fraction of sp³-hybridized carbons (Fsp3) is 0.308. The topological polar surface area (TPSA) is 87.7 Å². The van der Waals surface area contributed by atoms with E-state index in [0.29, 0.717) is 5.75 Å². The predicted octanol–water partition coefficient (Wildman–Crippen LogP) is 0.265. The van der Waals surface area contributed by atoms with Gasteiger partial charge in [0.2, 0.25) is 5.91 Å². The van der Waals surface area contributed by atoms with Crippen LogP contribution in [0.5, 0.6) is 5.75 Å². The highest BCUT2D eigenvalue weighted by atomic mass is 16.5. The summed E-state index contributed by atoms with van der Waals surface area (Å²) < 4.78 is 5.35. The van der Waals surface area contributed by atoms with Crippen LogP contribution in [0.3, 0.4) is 0 Å². The maximum absolute atomic E-state index is 11.6. The normalized spacial score (nSPS) is 14.2. The molecule has 106 valence electrons. The number of hydrogen-bond acceptors (Lipinski definition) is 4. The molecular formula is C13H15N3O4. The van der Waals surface area contributed by atoms with E-state index in [9.17, 15) is 14.4 Å². The molecule has 1 aliphatic heterocycles. The number of benzene rings is 1. The van der Waals surface area contributed by atoms with Gasteiger partial charge in [0.15, 0.2) is 6.61 Å². The van der Waals surface area contributed by atoms with Crippen molar-refractivity contribution in [1.29, 1.82) is 0 Å². The molecule has 1 aromatic carbocycles. The van der Waals surface area contributed by atoms with Gasteiger partial charge in [-0.2, -0.15) is 0 Å². The molecule has 0 atom stereocenters. The van der Waals surface area contributed by atoms with Crippen molar-refractivity contribution in [3.05, 3.63) is 29.3 Å². The molecule has 2 rings (SSSR count). The second-order valence-corrected chi connectivity index (χ2v) is 4.59. The van der Waals surface area contributed by atoms with Crippen LogP contribution in [0, 0.1) is 13.8 Å². The number of carbonyl (C=O) groups excluding carboxylic acids is 3. The van der Waals surface area contributed by atoms with E-state index < -0.39 is 17.8 Å². The molecule has 0 bridgehead atoms. The van der Waals surface area contributed by atoms with Gasteiger partial charge < -0.3 is 4.74 Å². The first kappa shape index (κ1) is 13.9. The molecule has 0 saturated carbocycles. The summed E-state index contributed by atoms with van der Waals surface area (Å²) in [5, 5.41) is 2.97. The third-order valence-electron chi connectivity index (χ3n) is 2.62. The number of imide groups is 1. The molecule has 0 unspecified atom stereocenters. The Bertz CT molecular complexity index is 550. The zero-order valence-corrected chi connectivity index (χ0v) is 11.2. The molecule has 1 heterocycles. The number of aryl methyl sites for hydroxylation is 2. The Labute approximate surface area is 115 Å². The Hall–Kier alpha value is -2.57. The number of hydrogen-bond donors (Lipinski definition) is 2. The smallest absolute Gasteiger partial charge is 0.343 e. The number of nitrogens with zero attached hydrogens (tertiary/aromatic N) is 1. The quantitative estimate of drug-likeness (QED) is 0.773. The first-order valence-corrected chi connectivity index (χ1v) is 6.06. The van der Waals surface area contributed by atoms with Crippen LogP contribution < -0.4 is 15.5 Å². The Kier molecular flexibility index (Phi) is 3.88. The fourth-order valence-electron chi connectivity index (χ4n) is 1.88. The summed E-state index contributed by atoms with van der Waals surface area (Å²) in [5.74, 6) is -0.376. The SMILES string of the molecule is Cc1cc(C)cc(OCC(=O)NN2CC(=O)NC2=O)c1. The maximum atomic E-state index is 11.6. The third-order valence-corrected chi connectivity index (χ3v) is 2.62. The lowest BCUT2D eigenvalue weighted by Crippen LogP contribution is -2.46. The first-order valence-electron chi connectivity index (χ1n) is 6.06. The molecule has 1 fully saturated rings. The average molecular weight is 277 g/mol. The summed E-state index contributed by atoms with van der Waals surface area (Å²) in [6.07, 6.45) is 0. The Morgan fingerprint density at radius 1 is 1.30 bits per heavy atom. The molecule has 1 saturated heterocycles. The largest absolute Gasteiger partial charge is 0.484 e. The van der Waals surface area contributed by atoms with Crippen molar-refractivity contribution in [1.82, 2.24) is 15.8 Å². The second kappa shape index (κ2) is 5.60. The highest BCUT2D eigenvalue weighted by Gasteiger charge is 2.28. The van der Waals surface area contributed by atoms with Crippen molar-refractivity contribution in [3.8, 4) is 5.75 Å². The van der Waals surface area contributed by atoms with Gasteiger partial charge in [-0.15, -0.1) is 0 Å². The molecule has 7 nitrogen and oxygen atoms in total. The van der Waals surface area contributed by atoms with Crippen LogP contribution >= 0.6 is 0 Å². The van der Waals surface area contributed by atoms with E-state index in [0.717, 1.165) is 16.1 Å². The minimum absolute atomic E-state index is 0.186. The van der Waals surface area contributed by atoms with Crippen LogP contribution in [0.1, 0.15) is 11.1 Å². The van der Waals surface area contributed by atoms with E-state index in [4.69, 9.17) is 4.74 Å². The van der Waals surface area contributed by atoms with Crippen LogP contribution in [-0.4, -0.2) is 36.0 Å². The summed E-state index contributed by atoms with van der Waals surface area (Å²) in [6, 6.07) is 4.97. The molecule has 20 heavy (non-hydrogen) atoms. The van der Waals surface area contributed by atoms with Crippen molar-refractivity contribution in [3.63, 3.8) is 0 Å². The number of amides is 4. The van der Waals surface area contributed by atoms with Crippen molar-refractivity contribution in [2.24, 2.45) is 0 Å². The lowest BCUT2D eigenvalue weighted by atomic mass is 10.1. The summed E-state index contributed by atoms with van der Waals surface area (Å²) >= 11 is 0. The minimum atomic E-state index is -0.644. The van der Waals surface area contributed by atoms with Gasteiger partial charge >= 0.3 is 6.03 Å². The van der Waals surface area contributed by atoms with Crippen molar-refractivity contribution >= 4 is 17.8 Å². The van der Waals surface area contributed by atoms with E-state index in [1.54, 1.807) is 0 Å². The monoisotopic (exact) mass is 277 g/mol. The van der Waals surface area contributed by atoms with Crippen LogP contribution in [-0.2, 0) is 9.59 Å². The molecular weight excluding hydrogens is 262 g/mol. The van der Waals surface area contributed by atoms with Gasteiger partial charge in [-0.25, -0.2) is 9.80 Å². The van der Waals surface area contributed by atoms with Crippen molar-refractivity contribution in [2.75, 3.05) is 13.2 Å². The van der Waals surface area contributed by atoms with E-state index in [-0.39, 0.29) is 13.2 Å². The van der Waals surface area contributed by atoms with Crippen LogP contribution in [0.15, 0.2) is 18.2 Å². The molecule has 7 heteroatoms. The lowest BCUT2D eigenvalue weighted by Gasteiger charge is -2.15. The van der Waals surface area contributed by atoms with Crippen molar-refractivity contribution < 1.29 is 19.1 Å². The highest BCUT2D eigenvalue weighted by molar-refractivity contribution is 6.02. The van der Waals surface area contributed by atoms with Gasteiger partial charge in [0.05, 0.1) is 0 Å². The maximum Gasteiger partial charge on any atom is 0.343 e. The molecule has 0 aromatic heterocycles. The third kappa shape index (κ3) is 3.47. The first-order chi connectivity index (χ1) is 9.44. The average Bonchev–Trinajstić information content (AvgIpc) is 2.64. The summed E-state index contributed by atoms with van der Waals surface area (Å²) in [5.41, 5.74) is 4.36. The van der Waals surface area contributed by atoms with Crippen LogP contribution in [0.2, 0.25) is 0 Å². The van der Waals surface area contributed by atoms with E-state index in [1.807, 2.05) is 32.0 Å². The molecule has 0 aliphatic carbocycles. The molecule has 4 amide bonds. The summed E-state index contributed by atoms with van der Waals surface area (Å²) in [7, 11) is 0. The van der Waals surface area contributed by atoms with Gasteiger partial charge in [-0.1, -0.05) is 6.07 Å². The fourth-order valence-corrected chi connectivity index (χ4v) is 1.88. The zero-order valence-electron chi connectivity index (χ0n) is 11.2. The summed E-state index contributed by atoms with van der Waals surface area (Å²) in [4.78, 5) is 33.8. The standard InChI is InChI=1S/C13H15N3O4/c1-8-3-9(2)5-10(4-8)20-7-12(18)15-16-6-11(17)14-13(16)19/h3-5H,6-7H2,1-2H3,(H,15,18)(H,14,17,19). The molecule has 0 radical (unpaired) electrons. The van der Waals surface area contributed by atoms with Gasteiger partial charge in [0.25, 0.3) is 5.91 Å². The Morgan fingerprint density at radius 3 is 2.50 bits per heavy atom. The van der Waals surface area contributed by atoms with E-state index >= 15 is 0 Å². The number of rotatable bonds is 4. The second-order valence-electron chi connectivity index (χ2n) is 4.59. The molecule has 1 aromatic rings. The minimum Gasteiger partial charge on any atom is -0.484 e. The number of nitrogens with one attached hydrogen (secondary N) is 2. The van der Waals surface area contributed by atoms with Gasteiger partial charge in [-0.3, -0.25) is 20.3 Å². The number of hydrazine groups is 1.